The number of aromatic nitrogens is 1. The number of anilines is 1. The number of pyridine rings is 1. The summed E-state index contributed by atoms with van der Waals surface area (Å²) < 4.78 is 0. The molecule has 0 aromatic carbocycles. The number of aliphatic hydroxyl groups excluding tert-OH is 1. The Morgan fingerprint density at radius 2 is 2.35 bits per heavy atom. The van der Waals surface area contributed by atoms with Crippen LogP contribution in [0.1, 0.15) is 6.92 Å². The van der Waals surface area contributed by atoms with Crippen LogP contribution in [0.4, 0.5) is 5.82 Å². The van der Waals surface area contributed by atoms with Gasteiger partial charge in [-0.1, -0.05) is 11.6 Å². The summed E-state index contributed by atoms with van der Waals surface area (Å²) in [4.78, 5) is 17.3. The van der Waals surface area contributed by atoms with Crippen molar-refractivity contribution < 1.29 is 9.90 Å². The Bertz CT molecular complexity index is 369. The van der Waals surface area contributed by atoms with Crippen LogP contribution in [0.3, 0.4) is 0 Å². The average Bonchev–Trinajstić information content (AvgIpc) is 2.29. The number of nitrogens with zero attached hydrogens (tertiary/aromatic N) is 2. The lowest BCUT2D eigenvalue weighted by atomic mass is 10.3. The van der Waals surface area contributed by atoms with Crippen LogP contribution < -0.4 is 10.2 Å². The fourth-order valence-electron chi connectivity index (χ4n) is 1.26. The van der Waals surface area contributed by atoms with E-state index in [2.05, 4.69) is 10.3 Å². The number of aliphatic hydroxyl groups is 1. The Morgan fingerprint density at radius 3 is 2.88 bits per heavy atom. The fraction of sp³-hybridized carbons (Fsp3) is 0.455. The predicted molar refractivity (Wildman–Crippen MR) is 67.2 cm³/mol. The Labute approximate surface area is 105 Å². The molecule has 17 heavy (non-hydrogen) atoms. The molecule has 1 atom stereocenters. The molecule has 0 saturated heterocycles. The second kappa shape index (κ2) is 6.42. The summed E-state index contributed by atoms with van der Waals surface area (Å²) in [5.74, 6) is 0.506. The van der Waals surface area contributed by atoms with Crippen LogP contribution in [0.5, 0.6) is 0 Å². The number of rotatable bonds is 5. The van der Waals surface area contributed by atoms with E-state index >= 15 is 0 Å². The zero-order chi connectivity index (χ0) is 12.8. The summed E-state index contributed by atoms with van der Waals surface area (Å²) in [6.45, 7) is 1.84. The first kappa shape index (κ1) is 13.7. The highest BCUT2D eigenvalue weighted by Gasteiger charge is 2.10. The summed E-state index contributed by atoms with van der Waals surface area (Å²) >= 11 is 5.72. The molecule has 94 valence electrons. The second-order valence-electron chi connectivity index (χ2n) is 3.84. The van der Waals surface area contributed by atoms with Gasteiger partial charge < -0.3 is 15.3 Å². The van der Waals surface area contributed by atoms with Gasteiger partial charge in [-0.15, -0.1) is 0 Å². The minimum atomic E-state index is -0.242. The van der Waals surface area contributed by atoms with E-state index in [1.807, 2.05) is 0 Å². The van der Waals surface area contributed by atoms with E-state index in [4.69, 9.17) is 16.7 Å². The van der Waals surface area contributed by atoms with Gasteiger partial charge in [0.05, 0.1) is 18.2 Å². The zero-order valence-electron chi connectivity index (χ0n) is 9.85. The van der Waals surface area contributed by atoms with Crippen molar-refractivity contribution in [2.45, 2.75) is 13.0 Å². The Balaban J connectivity index is 2.51. The van der Waals surface area contributed by atoms with Gasteiger partial charge in [-0.25, -0.2) is 4.98 Å². The van der Waals surface area contributed by atoms with E-state index in [9.17, 15) is 4.79 Å². The maximum absolute atomic E-state index is 11.5. The predicted octanol–water partition coefficient (Wildman–Crippen LogP) is 0.668. The first-order valence-corrected chi connectivity index (χ1v) is 5.63. The lowest BCUT2D eigenvalue weighted by Crippen LogP contribution is -2.41. The lowest BCUT2D eigenvalue weighted by molar-refractivity contribution is -0.120. The molecule has 0 aliphatic rings. The molecular formula is C11H16ClN3O2. The number of amides is 1. The van der Waals surface area contributed by atoms with Gasteiger partial charge in [0.2, 0.25) is 5.91 Å². The molecule has 0 unspecified atom stereocenters. The third-order valence-corrected chi connectivity index (χ3v) is 2.39. The molecule has 1 heterocycles. The Kier molecular flexibility index (Phi) is 5.18. The first-order chi connectivity index (χ1) is 8.02. The van der Waals surface area contributed by atoms with Crippen molar-refractivity contribution in [3.8, 4) is 0 Å². The third-order valence-electron chi connectivity index (χ3n) is 2.16. The Morgan fingerprint density at radius 1 is 1.65 bits per heavy atom. The number of hydrogen-bond donors (Lipinski definition) is 2. The normalized spacial score (nSPS) is 12.0. The van der Waals surface area contributed by atoms with Crippen molar-refractivity contribution >= 4 is 23.3 Å². The third kappa shape index (κ3) is 4.58. The van der Waals surface area contributed by atoms with Crippen molar-refractivity contribution in [2.24, 2.45) is 0 Å². The van der Waals surface area contributed by atoms with E-state index in [0.717, 1.165) is 0 Å². The van der Waals surface area contributed by atoms with Gasteiger partial charge in [0, 0.05) is 19.3 Å². The minimum Gasteiger partial charge on any atom is -0.394 e. The lowest BCUT2D eigenvalue weighted by Gasteiger charge is -2.19. The van der Waals surface area contributed by atoms with Crippen LogP contribution in [0, 0.1) is 0 Å². The molecule has 6 heteroatoms. The second-order valence-corrected chi connectivity index (χ2v) is 4.28. The molecule has 0 saturated carbocycles. The molecule has 1 aromatic heterocycles. The standard InChI is InChI=1S/C11H16ClN3O2/c1-8(7-16)14-11(17)6-15(2)10-4-3-9(12)5-13-10/h3-5,8,16H,6-7H2,1-2H3,(H,14,17)/t8-/m0/s1. The van der Waals surface area contributed by atoms with Gasteiger partial charge in [0.25, 0.3) is 0 Å². The van der Waals surface area contributed by atoms with Crippen LogP contribution in [-0.4, -0.2) is 42.2 Å². The molecule has 0 fully saturated rings. The number of likely N-dealkylation sites (N-methyl/N-ethyl adjacent to an activating group) is 1. The highest BCUT2D eigenvalue weighted by atomic mass is 35.5. The van der Waals surface area contributed by atoms with Crippen LogP contribution in [0.2, 0.25) is 5.02 Å². The van der Waals surface area contributed by atoms with Gasteiger partial charge in [0.1, 0.15) is 5.82 Å². The molecule has 1 rings (SSSR count). The highest BCUT2D eigenvalue weighted by molar-refractivity contribution is 6.30. The molecule has 0 bridgehead atoms. The van der Waals surface area contributed by atoms with Crippen molar-refractivity contribution in [1.29, 1.82) is 0 Å². The van der Waals surface area contributed by atoms with Crippen LogP contribution in [0.15, 0.2) is 18.3 Å². The molecule has 5 nitrogen and oxygen atoms in total. The molecule has 0 radical (unpaired) electrons. The van der Waals surface area contributed by atoms with E-state index in [-0.39, 0.29) is 25.1 Å². The average molecular weight is 258 g/mol. The van der Waals surface area contributed by atoms with Gasteiger partial charge >= 0.3 is 0 Å². The summed E-state index contributed by atoms with van der Waals surface area (Å²) in [5.41, 5.74) is 0. The maximum atomic E-state index is 11.5. The quantitative estimate of drug-likeness (QED) is 0.814. The molecular weight excluding hydrogens is 242 g/mol. The van der Waals surface area contributed by atoms with Crippen LogP contribution >= 0.6 is 11.6 Å². The number of carbonyl (C=O) groups is 1. The monoisotopic (exact) mass is 257 g/mol. The highest BCUT2D eigenvalue weighted by Crippen LogP contribution is 2.12. The van der Waals surface area contributed by atoms with E-state index in [1.54, 1.807) is 31.0 Å². The SMILES string of the molecule is C[C@@H](CO)NC(=O)CN(C)c1ccc(Cl)cn1. The van der Waals surface area contributed by atoms with Gasteiger partial charge in [-0.3, -0.25) is 4.79 Å². The topological polar surface area (TPSA) is 65.5 Å². The van der Waals surface area contributed by atoms with Crippen LogP contribution in [-0.2, 0) is 4.79 Å². The first-order valence-electron chi connectivity index (χ1n) is 5.26. The molecule has 0 aliphatic heterocycles. The summed E-state index contributed by atoms with van der Waals surface area (Å²) in [5, 5.41) is 12.0. The number of nitrogens with one attached hydrogen (secondary N) is 1. The molecule has 0 aliphatic carbocycles. The zero-order valence-corrected chi connectivity index (χ0v) is 10.6. The number of carbonyl (C=O) groups excluding carboxylic acids is 1. The van der Waals surface area contributed by atoms with Crippen LogP contribution in [0.25, 0.3) is 0 Å². The van der Waals surface area contributed by atoms with Crippen molar-refractivity contribution in [3.63, 3.8) is 0 Å². The molecule has 2 N–H and O–H groups in total. The molecule has 0 spiro atoms. The van der Waals surface area contributed by atoms with E-state index in [0.29, 0.717) is 10.8 Å². The summed E-state index contributed by atoms with van der Waals surface area (Å²) in [7, 11) is 1.76. The summed E-state index contributed by atoms with van der Waals surface area (Å²) in [6.07, 6.45) is 1.53. The van der Waals surface area contributed by atoms with Crippen molar-refractivity contribution in [1.82, 2.24) is 10.3 Å². The van der Waals surface area contributed by atoms with E-state index in [1.165, 1.54) is 6.20 Å². The fourth-order valence-corrected chi connectivity index (χ4v) is 1.37. The van der Waals surface area contributed by atoms with E-state index < -0.39 is 0 Å². The van der Waals surface area contributed by atoms with Gasteiger partial charge in [0.15, 0.2) is 0 Å². The summed E-state index contributed by atoms with van der Waals surface area (Å²) in [6, 6.07) is 3.22. The van der Waals surface area contributed by atoms with Gasteiger partial charge in [-0.2, -0.15) is 0 Å². The number of halogens is 1. The minimum absolute atomic E-state index is 0.0748. The molecule has 1 aromatic rings. The van der Waals surface area contributed by atoms with Crippen molar-refractivity contribution in [3.05, 3.63) is 23.4 Å². The van der Waals surface area contributed by atoms with Gasteiger partial charge in [-0.05, 0) is 19.1 Å². The molecule has 1 amide bonds. The smallest absolute Gasteiger partial charge is 0.239 e. The number of hydrogen-bond acceptors (Lipinski definition) is 4. The largest absolute Gasteiger partial charge is 0.394 e. The van der Waals surface area contributed by atoms with Crippen molar-refractivity contribution in [2.75, 3.05) is 25.1 Å². The maximum Gasteiger partial charge on any atom is 0.239 e. The Hall–Kier alpha value is -1.33.